The molecule has 1 saturated heterocycles. The minimum Gasteiger partial charge on any atom is -0.508 e. The second-order valence-electron chi connectivity index (χ2n) is 17.2. The molecule has 382 valence electrons. The first-order valence-corrected chi connectivity index (χ1v) is 22.8. The average molecular weight is 980 g/mol. The molecule has 1 aliphatic heterocycles. The van der Waals surface area contributed by atoms with Crippen molar-refractivity contribution in [2.24, 2.45) is 11.7 Å². The average Bonchev–Trinajstić information content (AvgIpc) is 3.30. The molecule has 7 atom stereocenters. The maximum Gasteiger partial charge on any atom is 0.305 e. The Labute approximate surface area is 404 Å². The molecule has 1 heterocycles. The van der Waals surface area contributed by atoms with Crippen LogP contribution in [-0.2, 0) is 65.6 Å². The molecule has 70 heavy (non-hydrogen) atoms. The number of rotatable bonds is 12. The van der Waals surface area contributed by atoms with Crippen molar-refractivity contribution in [3.8, 4) is 5.75 Å². The van der Waals surface area contributed by atoms with E-state index in [1.165, 1.54) is 38.1 Å². The second kappa shape index (κ2) is 28.6. The highest BCUT2D eigenvalue weighted by molar-refractivity contribution is 5.99. The SMILES string of the molecule is CC(C)C[C@@H]1NC(=O)[C@H](Cc2ccccc2)NC(=O)CNC(=O)CNC(=O)[C@H](Cc2ccc(O)cc2)NC(=O)[C@H](CCCCN)NC(=O)[C@H](C)NC(=O)[C@H](CC(=O)O)NC(=O)[C@H](C)NC(=O)CNC1=O. The predicted octanol–water partition coefficient (Wildman–Crippen LogP) is -3.38. The van der Waals surface area contributed by atoms with Crippen molar-refractivity contribution in [3.63, 3.8) is 0 Å². The van der Waals surface area contributed by atoms with Crippen LogP contribution >= 0.6 is 0 Å². The lowest BCUT2D eigenvalue weighted by Crippen LogP contribution is -2.59. The van der Waals surface area contributed by atoms with Crippen molar-refractivity contribution in [2.45, 2.75) is 115 Å². The van der Waals surface area contributed by atoms with Crippen LogP contribution in [0.3, 0.4) is 0 Å². The number of phenols is 1. The molecule has 1 aliphatic rings. The monoisotopic (exact) mass is 979 g/mol. The number of hydrogen-bond donors (Lipinski definition) is 13. The Morgan fingerprint density at radius 3 is 1.61 bits per heavy atom. The Balaban J connectivity index is 1.98. The van der Waals surface area contributed by atoms with Crippen LogP contribution in [0.5, 0.6) is 5.75 Å². The van der Waals surface area contributed by atoms with E-state index in [2.05, 4.69) is 53.2 Å². The van der Waals surface area contributed by atoms with E-state index in [4.69, 9.17) is 5.73 Å². The number of amides is 10. The number of aromatic hydroxyl groups is 1. The van der Waals surface area contributed by atoms with Gasteiger partial charge < -0.3 is 69.1 Å². The van der Waals surface area contributed by atoms with Crippen LogP contribution in [0.25, 0.3) is 0 Å². The molecule has 2 aromatic rings. The lowest BCUT2D eigenvalue weighted by Gasteiger charge is -2.26. The molecule has 0 radical (unpaired) electrons. The Morgan fingerprint density at radius 1 is 0.543 bits per heavy atom. The van der Waals surface area contributed by atoms with Crippen LogP contribution in [0, 0.1) is 5.92 Å². The van der Waals surface area contributed by atoms with Gasteiger partial charge in [0.25, 0.3) is 0 Å². The van der Waals surface area contributed by atoms with Crippen LogP contribution in [-0.4, -0.2) is 144 Å². The number of carboxylic acids is 1. The highest BCUT2D eigenvalue weighted by Gasteiger charge is 2.33. The van der Waals surface area contributed by atoms with Crippen molar-refractivity contribution in [3.05, 3.63) is 65.7 Å². The first-order valence-electron chi connectivity index (χ1n) is 22.8. The van der Waals surface area contributed by atoms with Crippen molar-refractivity contribution in [2.75, 3.05) is 26.2 Å². The number of nitrogens with two attached hydrogens (primary N) is 1. The largest absolute Gasteiger partial charge is 0.508 e. The fourth-order valence-corrected chi connectivity index (χ4v) is 6.93. The number of carbonyl (C=O) groups is 11. The third kappa shape index (κ3) is 20.3. The summed E-state index contributed by atoms with van der Waals surface area (Å²) in [6.45, 7) is 4.26. The number of benzene rings is 2. The van der Waals surface area contributed by atoms with Crippen LogP contribution < -0.4 is 58.9 Å². The predicted molar refractivity (Wildman–Crippen MR) is 250 cm³/mol. The first-order chi connectivity index (χ1) is 33.1. The minimum absolute atomic E-state index is 0.00480. The highest BCUT2D eigenvalue weighted by atomic mass is 16.4. The van der Waals surface area contributed by atoms with Crippen LogP contribution in [0.2, 0.25) is 0 Å². The minimum atomic E-state index is -1.76. The van der Waals surface area contributed by atoms with Crippen LogP contribution in [0.4, 0.5) is 0 Å². The Kier molecular flexibility index (Phi) is 23.2. The maximum atomic E-state index is 13.9. The van der Waals surface area contributed by atoms with E-state index < -0.39 is 133 Å². The molecule has 0 aliphatic carbocycles. The van der Waals surface area contributed by atoms with Gasteiger partial charge >= 0.3 is 5.97 Å². The molecular weight excluding hydrogens is 915 g/mol. The number of carboxylic acid groups (broad SMARTS) is 1. The molecule has 0 aromatic heterocycles. The summed E-state index contributed by atoms with van der Waals surface area (Å²) in [6, 6.07) is 4.51. The van der Waals surface area contributed by atoms with E-state index in [9.17, 15) is 63.0 Å². The third-order valence-corrected chi connectivity index (χ3v) is 10.7. The van der Waals surface area contributed by atoms with E-state index in [0.29, 0.717) is 24.0 Å². The van der Waals surface area contributed by atoms with Gasteiger partial charge in [-0.05, 0) is 75.3 Å². The number of nitrogens with one attached hydrogen (secondary N) is 10. The smallest absolute Gasteiger partial charge is 0.305 e. The van der Waals surface area contributed by atoms with Crippen molar-refractivity contribution >= 4 is 65.0 Å². The van der Waals surface area contributed by atoms with Crippen molar-refractivity contribution < 1.29 is 63.0 Å². The van der Waals surface area contributed by atoms with Gasteiger partial charge in [0.1, 0.15) is 48.0 Å². The zero-order chi connectivity index (χ0) is 51.9. The number of hydrogen-bond acceptors (Lipinski definition) is 13. The first kappa shape index (κ1) is 56.7. The van der Waals surface area contributed by atoms with Crippen LogP contribution in [0.1, 0.15) is 70.9 Å². The quantitative estimate of drug-likeness (QED) is 0.0924. The summed E-state index contributed by atoms with van der Waals surface area (Å²) in [6.07, 6.45) is -0.305. The Hall–Kier alpha value is -7.63. The molecule has 0 bridgehead atoms. The van der Waals surface area contributed by atoms with Gasteiger partial charge in [0.15, 0.2) is 0 Å². The maximum absolute atomic E-state index is 13.9. The molecule has 0 unspecified atom stereocenters. The lowest BCUT2D eigenvalue weighted by molar-refractivity contribution is -0.141. The molecule has 0 spiro atoms. The fraction of sp³-hybridized carbons (Fsp3) is 0.500. The third-order valence-electron chi connectivity index (χ3n) is 10.7. The zero-order valence-corrected chi connectivity index (χ0v) is 39.6. The summed E-state index contributed by atoms with van der Waals surface area (Å²) in [5, 5.41) is 43.8. The zero-order valence-electron chi connectivity index (χ0n) is 39.6. The van der Waals surface area contributed by atoms with Gasteiger partial charge in [0.2, 0.25) is 59.1 Å². The van der Waals surface area contributed by atoms with E-state index in [1.54, 1.807) is 44.2 Å². The summed E-state index contributed by atoms with van der Waals surface area (Å²) >= 11 is 0. The molecule has 24 heteroatoms. The van der Waals surface area contributed by atoms with E-state index in [0.717, 1.165) is 0 Å². The van der Waals surface area contributed by atoms with Gasteiger partial charge in [-0.25, -0.2) is 0 Å². The molecule has 0 saturated carbocycles. The molecule has 10 amide bonds. The summed E-state index contributed by atoms with van der Waals surface area (Å²) in [4.78, 5) is 146. The van der Waals surface area contributed by atoms with E-state index in [-0.39, 0.29) is 43.9 Å². The van der Waals surface area contributed by atoms with E-state index >= 15 is 0 Å². The standard InChI is InChI=1S/C46H65N11O13/c1-25(2)18-32-42(66)50-24-37(60)51-26(3)40(64)55-35(21-39(62)63)45(69)52-27(4)41(65)54-31(12-8-9-17-47)44(68)57-33(20-29-13-15-30(58)16-14-29)43(67)49-22-36(59)48-23-38(61)53-34(46(70)56-32)19-28-10-6-5-7-11-28/h5-7,10-11,13-16,25-27,31-35,58H,8-9,12,17-24,47H2,1-4H3,(H,48,59)(H,49,67)(H,50,66)(H,51,60)(H,52,69)(H,53,61)(H,54,65)(H,55,64)(H,56,70)(H,57,68)(H,62,63)/t26-,27-,31-,32-,33-,34-,35-/m0/s1. The summed E-state index contributed by atoms with van der Waals surface area (Å²) < 4.78 is 0. The Morgan fingerprint density at radius 2 is 1.01 bits per heavy atom. The lowest BCUT2D eigenvalue weighted by atomic mass is 10.0. The highest BCUT2D eigenvalue weighted by Crippen LogP contribution is 2.13. The van der Waals surface area contributed by atoms with Gasteiger partial charge in [-0.3, -0.25) is 52.7 Å². The van der Waals surface area contributed by atoms with Crippen LogP contribution in [0.15, 0.2) is 54.6 Å². The number of phenolic OH excluding ortho intramolecular Hbond substituents is 1. The number of carbonyl (C=O) groups excluding carboxylic acids is 10. The normalized spacial score (nSPS) is 23.7. The summed E-state index contributed by atoms with van der Waals surface area (Å²) in [5.74, 6) is -10.5. The number of aliphatic carboxylic acids is 1. The van der Waals surface area contributed by atoms with Crippen molar-refractivity contribution in [1.29, 1.82) is 0 Å². The molecular formula is C46H65N11O13. The van der Waals surface area contributed by atoms with Crippen molar-refractivity contribution in [1.82, 2.24) is 53.2 Å². The topological polar surface area (TPSA) is 375 Å². The van der Waals surface area contributed by atoms with E-state index in [1.807, 2.05) is 0 Å². The van der Waals surface area contributed by atoms with Gasteiger partial charge in [0.05, 0.1) is 26.1 Å². The van der Waals surface area contributed by atoms with Gasteiger partial charge in [0, 0.05) is 12.8 Å². The molecule has 14 N–H and O–H groups in total. The molecule has 2 aromatic carbocycles. The second-order valence-corrected chi connectivity index (χ2v) is 17.2. The Bertz CT molecular complexity index is 2180. The van der Waals surface area contributed by atoms with Gasteiger partial charge in [-0.1, -0.05) is 56.3 Å². The summed E-state index contributed by atoms with van der Waals surface area (Å²) in [5.41, 5.74) is 6.78. The molecule has 3 rings (SSSR count). The number of unbranched alkanes of at least 4 members (excludes halogenated alkanes) is 1. The molecule has 24 nitrogen and oxygen atoms in total. The summed E-state index contributed by atoms with van der Waals surface area (Å²) in [7, 11) is 0. The molecule has 1 fully saturated rings. The fourth-order valence-electron chi connectivity index (χ4n) is 6.93. The van der Waals surface area contributed by atoms with Gasteiger partial charge in [-0.2, -0.15) is 0 Å². The van der Waals surface area contributed by atoms with Gasteiger partial charge in [-0.15, -0.1) is 0 Å².